The minimum Gasteiger partial charge on any atom is -0.469 e. The molecule has 0 aliphatic carbocycles. The van der Waals surface area contributed by atoms with E-state index in [1.165, 1.54) is 7.11 Å². The van der Waals surface area contributed by atoms with Crippen molar-refractivity contribution in [3.63, 3.8) is 0 Å². The van der Waals surface area contributed by atoms with Gasteiger partial charge in [0.05, 0.1) is 25.7 Å². The molecule has 0 saturated heterocycles. The van der Waals surface area contributed by atoms with Crippen molar-refractivity contribution < 1.29 is 29.3 Å². The van der Waals surface area contributed by atoms with E-state index in [2.05, 4.69) is 4.74 Å². The quantitative estimate of drug-likeness (QED) is 0.449. The zero-order valence-corrected chi connectivity index (χ0v) is 11.7. The summed E-state index contributed by atoms with van der Waals surface area (Å²) in [7, 11) is 1.32. The Hall–Kier alpha value is -1.14. The number of ether oxygens (including phenoxy) is 2. The highest BCUT2D eigenvalue weighted by Gasteiger charge is 2.28. The van der Waals surface area contributed by atoms with Crippen molar-refractivity contribution in [3.05, 3.63) is 0 Å². The van der Waals surface area contributed by atoms with Gasteiger partial charge >= 0.3 is 11.9 Å². The first-order valence-corrected chi connectivity index (χ1v) is 6.47. The molecule has 0 aromatic carbocycles. The summed E-state index contributed by atoms with van der Waals surface area (Å²) in [5.41, 5.74) is -0.762. The van der Waals surface area contributed by atoms with Crippen molar-refractivity contribution in [2.24, 2.45) is 5.41 Å². The van der Waals surface area contributed by atoms with Crippen molar-refractivity contribution >= 4 is 11.9 Å². The molecule has 0 saturated carbocycles. The van der Waals surface area contributed by atoms with Gasteiger partial charge in [-0.2, -0.15) is 0 Å². The van der Waals surface area contributed by atoms with Crippen molar-refractivity contribution in [2.45, 2.75) is 39.0 Å². The second-order valence-electron chi connectivity index (χ2n) is 4.61. The van der Waals surface area contributed by atoms with Crippen molar-refractivity contribution in [2.75, 3.05) is 26.9 Å². The molecule has 0 aliphatic heterocycles. The summed E-state index contributed by atoms with van der Waals surface area (Å²) < 4.78 is 9.52. The van der Waals surface area contributed by atoms with Gasteiger partial charge in [-0.05, 0) is 19.3 Å². The average molecular weight is 276 g/mol. The normalized spacial score (nSPS) is 11.2. The predicted molar refractivity (Wildman–Crippen MR) is 68.3 cm³/mol. The van der Waals surface area contributed by atoms with E-state index in [0.717, 1.165) is 0 Å². The van der Waals surface area contributed by atoms with Gasteiger partial charge in [0.2, 0.25) is 0 Å². The first kappa shape index (κ1) is 17.9. The lowest BCUT2D eigenvalue weighted by molar-refractivity contribution is -0.150. The fraction of sp³-hybridized carbons (Fsp3) is 0.846. The molecule has 0 aromatic rings. The number of unbranched alkanes of at least 4 members (excludes halogenated alkanes) is 1. The van der Waals surface area contributed by atoms with E-state index in [-0.39, 0.29) is 44.6 Å². The lowest BCUT2D eigenvalue weighted by Gasteiger charge is -2.27. The van der Waals surface area contributed by atoms with Gasteiger partial charge in [0.15, 0.2) is 0 Å². The second-order valence-corrected chi connectivity index (χ2v) is 4.61. The predicted octanol–water partition coefficient (Wildman–Crippen LogP) is 0.644. The molecule has 0 atom stereocenters. The van der Waals surface area contributed by atoms with Crippen molar-refractivity contribution in [1.82, 2.24) is 0 Å². The zero-order valence-electron chi connectivity index (χ0n) is 11.7. The number of esters is 2. The molecule has 2 N–H and O–H groups in total. The molecule has 0 fully saturated rings. The Balaban J connectivity index is 3.83. The maximum absolute atomic E-state index is 11.5. The fourth-order valence-electron chi connectivity index (χ4n) is 1.41. The maximum Gasteiger partial charge on any atom is 0.305 e. The van der Waals surface area contributed by atoms with Crippen LogP contribution in [-0.4, -0.2) is 49.1 Å². The van der Waals surface area contributed by atoms with E-state index >= 15 is 0 Å². The summed E-state index contributed by atoms with van der Waals surface area (Å²) in [4.78, 5) is 22.3. The first-order chi connectivity index (χ1) is 9.03. The lowest BCUT2D eigenvalue weighted by atomic mass is 9.88. The standard InChI is InChI=1S/C13H24O6/c1-3-13(8-14,9-15)10-19-12(17)7-5-4-6-11(16)18-2/h14-15H,3-10H2,1-2H3. The number of carbonyl (C=O) groups is 2. The van der Waals surface area contributed by atoms with Gasteiger partial charge in [0, 0.05) is 12.8 Å². The van der Waals surface area contributed by atoms with Crippen LogP contribution in [0.5, 0.6) is 0 Å². The van der Waals surface area contributed by atoms with Crippen LogP contribution >= 0.6 is 0 Å². The van der Waals surface area contributed by atoms with Gasteiger partial charge < -0.3 is 19.7 Å². The molecule has 6 nitrogen and oxygen atoms in total. The van der Waals surface area contributed by atoms with Crippen LogP contribution in [0.4, 0.5) is 0 Å². The number of methoxy groups -OCH3 is 1. The summed E-state index contributed by atoms with van der Waals surface area (Å²) in [6.45, 7) is 1.37. The number of aliphatic hydroxyl groups is 2. The van der Waals surface area contributed by atoms with E-state index < -0.39 is 5.41 Å². The second kappa shape index (κ2) is 9.75. The molecule has 0 aliphatic rings. The Morgan fingerprint density at radius 2 is 1.58 bits per heavy atom. The van der Waals surface area contributed by atoms with Gasteiger partial charge in [-0.1, -0.05) is 6.92 Å². The lowest BCUT2D eigenvalue weighted by Crippen LogP contribution is -2.35. The number of carbonyl (C=O) groups excluding carboxylic acids is 2. The smallest absolute Gasteiger partial charge is 0.305 e. The summed E-state index contributed by atoms with van der Waals surface area (Å²) in [5.74, 6) is -0.677. The molecule has 112 valence electrons. The first-order valence-electron chi connectivity index (χ1n) is 6.47. The van der Waals surface area contributed by atoms with Crippen LogP contribution in [-0.2, 0) is 19.1 Å². The Morgan fingerprint density at radius 3 is 2.00 bits per heavy atom. The molecule has 0 unspecified atom stereocenters. The topological polar surface area (TPSA) is 93.1 Å². The molecule has 6 heteroatoms. The summed E-state index contributed by atoms with van der Waals surface area (Å²) in [6.07, 6.45) is 2.14. The van der Waals surface area contributed by atoms with E-state index in [4.69, 9.17) is 4.74 Å². The summed E-state index contributed by atoms with van der Waals surface area (Å²) >= 11 is 0. The van der Waals surface area contributed by atoms with Gasteiger partial charge in [-0.25, -0.2) is 0 Å². The van der Waals surface area contributed by atoms with Crippen LogP contribution in [0.15, 0.2) is 0 Å². The van der Waals surface area contributed by atoms with E-state index in [0.29, 0.717) is 19.3 Å². The molecule has 0 spiro atoms. The molecular weight excluding hydrogens is 252 g/mol. The van der Waals surface area contributed by atoms with Crippen LogP contribution < -0.4 is 0 Å². The molecule has 0 bridgehead atoms. The largest absolute Gasteiger partial charge is 0.469 e. The third-order valence-corrected chi connectivity index (χ3v) is 3.20. The van der Waals surface area contributed by atoms with E-state index in [1.807, 2.05) is 6.92 Å². The summed E-state index contributed by atoms with van der Waals surface area (Å²) in [5, 5.41) is 18.4. The SMILES string of the molecule is CCC(CO)(CO)COC(=O)CCCCC(=O)OC. The minimum atomic E-state index is -0.762. The molecule has 0 aromatic heterocycles. The van der Waals surface area contributed by atoms with E-state index in [9.17, 15) is 19.8 Å². The van der Waals surface area contributed by atoms with Crippen LogP contribution in [0.2, 0.25) is 0 Å². The fourth-order valence-corrected chi connectivity index (χ4v) is 1.41. The highest BCUT2D eigenvalue weighted by Crippen LogP contribution is 2.21. The Bertz CT molecular complexity index is 264. The van der Waals surface area contributed by atoms with Crippen LogP contribution in [0, 0.1) is 5.41 Å². The number of hydrogen-bond acceptors (Lipinski definition) is 6. The Morgan fingerprint density at radius 1 is 1.05 bits per heavy atom. The van der Waals surface area contributed by atoms with Crippen LogP contribution in [0.3, 0.4) is 0 Å². The van der Waals surface area contributed by atoms with Gasteiger partial charge in [-0.15, -0.1) is 0 Å². The summed E-state index contributed by atoms with van der Waals surface area (Å²) in [6, 6.07) is 0. The van der Waals surface area contributed by atoms with Crippen LogP contribution in [0.25, 0.3) is 0 Å². The maximum atomic E-state index is 11.5. The molecule has 19 heavy (non-hydrogen) atoms. The average Bonchev–Trinajstić information content (AvgIpc) is 2.45. The van der Waals surface area contributed by atoms with Gasteiger partial charge in [0.25, 0.3) is 0 Å². The van der Waals surface area contributed by atoms with Crippen molar-refractivity contribution in [3.8, 4) is 0 Å². The third kappa shape index (κ3) is 7.12. The zero-order chi connectivity index (χ0) is 14.7. The molecular formula is C13H24O6. The number of aliphatic hydroxyl groups excluding tert-OH is 2. The highest BCUT2D eigenvalue weighted by atomic mass is 16.5. The van der Waals surface area contributed by atoms with Crippen LogP contribution in [0.1, 0.15) is 39.0 Å². The van der Waals surface area contributed by atoms with Gasteiger partial charge in [-0.3, -0.25) is 9.59 Å². The molecule has 0 radical (unpaired) electrons. The molecule has 0 rings (SSSR count). The number of rotatable bonds is 10. The number of hydrogen-bond donors (Lipinski definition) is 2. The van der Waals surface area contributed by atoms with Crippen molar-refractivity contribution in [1.29, 1.82) is 0 Å². The molecule has 0 heterocycles. The highest BCUT2D eigenvalue weighted by molar-refractivity contribution is 5.70. The Kier molecular flexibility index (Phi) is 9.16. The monoisotopic (exact) mass is 276 g/mol. The minimum absolute atomic E-state index is 0.00628. The third-order valence-electron chi connectivity index (χ3n) is 3.20. The Labute approximate surface area is 113 Å². The van der Waals surface area contributed by atoms with Gasteiger partial charge in [0.1, 0.15) is 6.61 Å². The molecule has 0 amide bonds. The van der Waals surface area contributed by atoms with E-state index in [1.54, 1.807) is 0 Å².